The number of halogens is 1. The fourth-order valence-corrected chi connectivity index (χ4v) is 1.02. The van der Waals surface area contributed by atoms with Gasteiger partial charge in [0.15, 0.2) is 0 Å². The van der Waals surface area contributed by atoms with E-state index in [1.54, 1.807) is 0 Å². The Labute approximate surface area is 96.7 Å². The predicted molar refractivity (Wildman–Crippen MR) is 56.2 cm³/mol. The van der Waals surface area contributed by atoms with Crippen LogP contribution in [0.1, 0.15) is 17.4 Å². The number of rotatable bonds is 4. The van der Waals surface area contributed by atoms with Crippen molar-refractivity contribution in [2.45, 2.75) is 6.92 Å². The number of nitrogens with one attached hydrogen (secondary N) is 1. The maximum absolute atomic E-state index is 11.5. The number of carbonyl (C=O) groups excluding carboxylic acids is 1. The van der Waals surface area contributed by atoms with Gasteiger partial charge >= 0.3 is 5.97 Å². The molecule has 6 nitrogen and oxygen atoms in total. The summed E-state index contributed by atoms with van der Waals surface area (Å²) in [6.45, 7) is 1.52. The summed E-state index contributed by atoms with van der Waals surface area (Å²) >= 11 is 5.55. The molecule has 7 heteroatoms. The van der Waals surface area contributed by atoms with E-state index in [9.17, 15) is 9.59 Å². The molecule has 0 aliphatic carbocycles. The Balaban J connectivity index is 2.56. The molecule has 86 valence electrons. The molecule has 0 fully saturated rings. The highest BCUT2D eigenvalue weighted by Crippen LogP contribution is 2.02. The Morgan fingerprint density at radius 2 is 2.25 bits per heavy atom. The number of nitrogens with zero attached hydrogens (tertiary/aromatic N) is 2. The van der Waals surface area contributed by atoms with Gasteiger partial charge < -0.3 is 10.4 Å². The zero-order valence-electron chi connectivity index (χ0n) is 8.48. The fourth-order valence-electron chi connectivity index (χ4n) is 0.875. The first kappa shape index (κ1) is 12.4. The lowest BCUT2D eigenvalue weighted by molar-refractivity contribution is -0.140. The highest BCUT2D eigenvalue weighted by molar-refractivity contribution is 6.29. The van der Waals surface area contributed by atoms with Crippen molar-refractivity contribution in [2.75, 3.05) is 6.54 Å². The largest absolute Gasteiger partial charge is 0.481 e. The van der Waals surface area contributed by atoms with Crippen LogP contribution >= 0.6 is 11.6 Å². The number of hydrogen-bond donors (Lipinski definition) is 2. The molecule has 2 N–H and O–H groups in total. The molecule has 0 bridgehead atoms. The number of carboxylic acid groups (broad SMARTS) is 1. The van der Waals surface area contributed by atoms with Crippen molar-refractivity contribution in [2.24, 2.45) is 5.92 Å². The molecule has 1 rings (SSSR count). The van der Waals surface area contributed by atoms with Crippen LogP contribution in [0.25, 0.3) is 0 Å². The van der Waals surface area contributed by atoms with Gasteiger partial charge in [-0.1, -0.05) is 18.5 Å². The lowest BCUT2D eigenvalue weighted by Crippen LogP contribution is -2.32. The Bertz CT molecular complexity index is 411. The van der Waals surface area contributed by atoms with E-state index < -0.39 is 17.8 Å². The summed E-state index contributed by atoms with van der Waals surface area (Å²) in [6.07, 6.45) is 2.56. The average molecular weight is 244 g/mol. The first-order chi connectivity index (χ1) is 7.50. The van der Waals surface area contributed by atoms with Crippen molar-refractivity contribution in [1.82, 2.24) is 15.3 Å². The molecule has 0 radical (unpaired) electrons. The molecule has 1 atom stereocenters. The summed E-state index contributed by atoms with van der Waals surface area (Å²) in [4.78, 5) is 29.4. The van der Waals surface area contributed by atoms with Crippen LogP contribution in [0.3, 0.4) is 0 Å². The second-order valence-electron chi connectivity index (χ2n) is 3.18. The van der Waals surface area contributed by atoms with E-state index in [1.807, 2.05) is 0 Å². The molecule has 16 heavy (non-hydrogen) atoms. The maximum atomic E-state index is 11.5. The Morgan fingerprint density at radius 3 is 2.81 bits per heavy atom. The van der Waals surface area contributed by atoms with Gasteiger partial charge in [-0.2, -0.15) is 0 Å². The minimum absolute atomic E-state index is 0.0301. The van der Waals surface area contributed by atoms with Gasteiger partial charge in [0.05, 0.1) is 18.3 Å². The SMILES string of the molecule is CC(CNC(=O)c1cncc(Cl)n1)C(=O)O. The van der Waals surface area contributed by atoms with Gasteiger partial charge in [0.2, 0.25) is 0 Å². The van der Waals surface area contributed by atoms with Crippen LogP contribution in [-0.4, -0.2) is 33.5 Å². The molecular formula is C9H10ClN3O3. The molecule has 1 heterocycles. The van der Waals surface area contributed by atoms with Gasteiger partial charge in [-0.05, 0) is 0 Å². The molecule has 0 saturated heterocycles. The summed E-state index contributed by atoms with van der Waals surface area (Å²) in [7, 11) is 0. The standard InChI is InChI=1S/C9H10ClN3O3/c1-5(9(15)16)2-12-8(14)6-3-11-4-7(10)13-6/h3-5H,2H2,1H3,(H,12,14)(H,15,16). The number of carboxylic acids is 1. The van der Waals surface area contributed by atoms with E-state index in [0.717, 1.165) is 0 Å². The van der Waals surface area contributed by atoms with Gasteiger partial charge in [-0.25, -0.2) is 4.98 Å². The van der Waals surface area contributed by atoms with Crippen LogP contribution in [-0.2, 0) is 4.79 Å². The molecule has 1 aromatic heterocycles. The number of aliphatic carboxylic acids is 1. The first-order valence-electron chi connectivity index (χ1n) is 4.49. The molecule has 0 aromatic carbocycles. The smallest absolute Gasteiger partial charge is 0.308 e. The summed E-state index contributed by atoms with van der Waals surface area (Å²) in [5.41, 5.74) is 0.0603. The predicted octanol–water partition coefficient (Wildman–Crippen LogP) is 0.581. The number of carbonyl (C=O) groups is 2. The van der Waals surface area contributed by atoms with Crippen LogP contribution in [0, 0.1) is 5.92 Å². The number of amides is 1. The van der Waals surface area contributed by atoms with Crippen LogP contribution < -0.4 is 5.32 Å². The van der Waals surface area contributed by atoms with Crippen molar-refractivity contribution < 1.29 is 14.7 Å². The second-order valence-corrected chi connectivity index (χ2v) is 3.56. The van der Waals surface area contributed by atoms with Gasteiger partial charge in [0, 0.05) is 6.54 Å². The van der Waals surface area contributed by atoms with Gasteiger partial charge in [-0.15, -0.1) is 0 Å². The van der Waals surface area contributed by atoms with E-state index >= 15 is 0 Å². The lowest BCUT2D eigenvalue weighted by Gasteiger charge is -2.07. The zero-order chi connectivity index (χ0) is 12.1. The fraction of sp³-hybridized carbons (Fsp3) is 0.333. The molecule has 1 amide bonds. The summed E-state index contributed by atoms with van der Waals surface area (Å²) in [5.74, 6) is -2.13. The Morgan fingerprint density at radius 1 is 1.56 bits per heavy atom. The van der Waals surface area contributed by atoms with E-state index in [4.69, 9.17) is 16.7 Å². The quantitative estimate of drug-likeness (QED) is 0.807. The average Bonchev–Trinajstić information content (AvgIpc) is 2.25. The Kier molecular flexibility index (Phi) is 4.19. The molecule has 0 aliphatic heterocycles. The summed E-state index contributed by atoms with van der Waals surface area (Å²) in [6, 6.07) is 0. The van der Waals surface area contributed by atoms with Crippen LogP contribution in [0.15, 0.2) is 12.4 Å². The number of aromatic nitrogens is 2. The third-order valence-corrected chi connectivity index (χ3v) is 2.01. The van der Waals surface area contributed by atoms with Crippen LogP contribution in [0.5, 0.6) is 0 Å². The molecule has 0 aliphatic rings. The second kappa shape index (κ2) is 5.41. The van der Waals surface area contributed by atoms with Crippen molar-refractivity contribution in [3.05, 3.63) is 23.2 Å². The van der Waals surface area contributed by atoms with Crippen molar-refractivity contribution in [3.8, 4) is 0 Å². The minimum atomic E-state index is -0.975. The maximum Gasteiger partial charge on any atom is 0.308 e. The summed E-state index contributed by atoms with van der Waals surface area (Å²) < 4.78 is 0. The van der Waals surface area contributed by atoms with Crippen molar-refractivity contribution >= 4 is 23.5 Å². The molecule has 1 unspecified atom stereocenters. The van der Waals surface area contributed by atoms with Crippen molar-refractivity contribution in [1.29, 1.82) is 0 Å². The third kappa shape index (κ3) is 3.47. The van der Waals surface area contributed by atoms with Gasteiger partial charge in [-0.3, -0.25) is 14.6 Å². The zero-order valence-corrected chi connectivity index (χ0v) is 9.23. The highest BCUT2D eigenvalue weighted by Gasteiger charge is 2.14. The van der Waals surface area contributed by atoms with Crippen LogP contribution in [0.2, 0.25) is 5.15 Å². The first-order valence-corrected chi connectivity index (χ1v) is 4.87. The van der Waals surface area contributed by atoms with Crippen LogP contribution in [0.4, 0.5) is 0 Å². The lowest BCUT2D eigenvalue weighted by atomic mass is 10.2. The van der Waals surface area contributed by atoms with Gasteiger partial charge in [0.25, 0.3) is 5.91 Å². The number of hydrogen-bond acceptors (Lipinski definition) is 4. The normalized spacial score (nSPS) is 11.9. The minimum Gasteiger partial charge on any atom is -0.481 e. The van der Waals surface area contributed by atoms with E-state index in [1.165, 1.54) is 19.3 Å². The van der Waals surface area contributed by atoms with Crippen molar-refractivity contribution in [3.63, 3.8) is 0 Å². The van der Waals surface area contributed by atoms with E-state index in [0.29, 0.717) is 0 Å². The highest BCUT2D eigenvalue weighted by atomic mass is 35.5. The summed E-state index contributed by atoms with van der Waals surface area (Å²) in [5, 5.41) is 11.1. The van der Waals surface area contributed by atoms with Gasteiger partial charge in [0.1, 0.15) is 10.8 Å². The topological polar surface area (TPSA) is 92.2 Å². The third-order valence-electron chi connectivity index (χ3n) is 1.83. The monoisotopic (exact) mass is 243 g/mol. The molecule has 1 aromatic rings. The van der Waals surface area contributed by atoms with E-state index in [-0.39, 0.29) is 17.4 Å². The molecular weight excluding hydrogens is 234 g/mol. The van der Waals surface area contributed by atoms with E-state index in [2.05, 4.69) is 15.3 Å². The molecule has 0 saturated carbocycles. The Hall–Kier alpha value is -1.69. The molecule has 0 spiro atoms.